The Morgan fingerprint density at radius 3 is 2.06 bits per heavy atom. The van der Waals surface area contributed by atoms with Gasteiger partial charge in [0.2, 0.25) is 0 Å². The monoisotopic (exact) mass is 260 g/mol. The lowest BCUT2D eigenvalue weighted by Gasteiger charge is -2.35. The van der Waals surface area contributed by atoms with Crippen LogP contribution < -0.4 is 11.5 Å². The van der Waals surface area contributed by atoms with Crippen molar-refractivity contribution in [3.63, 3.8) is 0 Å². The van der Waals surface area contributed by atoms with Gasteiger partial charge in [0.05, 0.1) is 0 Å². The number of rotatable bonds is 11. The summed E-state index contributed by atoms with van der Waals surface area (Å²) < 4.78 is 5.59. The number of nitrogens with two attached hydrogens (primary N) is 2. The average Bonchev–Trinajstić information content (AvgIpc) is 2.34. The third-order valence-corrected chi connectivity index (χ3v) is 5.47. The molecule has 3 nitrogen and oxygen atoms in total. The second-order valence-electron chi connectivity index (χ2n) is 5.34. The molecule has 0 bridgehead atoms. The molecule has 0 aliphatic heterocycles. The van der Waals surface area contributed by atoms with E-state index in [-0.39, 0.29) is 6.04 Å². The normalized spacial score (nSPS) is 14.6. The van der Waals surface area contributed by atoms with Crippen LogP contribution in [0.15, 0.2) is 0 Å². The zero-order valence-corrected chi connectivity index (χ0v) is 13.4. The van der Waals surface area contributed by atoms with E-state index in [1.54, 1.807) is 0 Å². The Balaban J connectivity index is 4.54. The van der Waals surface area contributed by atoms with Crippen molar-refractivity contribution >= 4 is 9.76 Å². The van der Waals surface area contributed by atoms with E-state index < -0.39 is 9.76 Å². The Bertz CT molecular complexity index is 171. The molecule has 17 heavy (non-hydrogen) atoms. The van der Waals surface area contributed by atoms with E-state index in [1.807, 2.05) is 7.11 Å². The summed E-state index contributed by atoms with van der Waals surface area (Å²) in [5, 5.41) is 0.388. The number of unbranched alkanes of at least 4 members (excludes halogenated alkanes) is 2. The highest BCUT2D eigenvalue weighted by Crippen LogP contribution is 2.42. The molecule has 0 saturated carbocycles. The summed E-state index contributed by atoms with van der Waals surface area (Å²) in [4.78, 5) is 0. The maximum absolute atomic E-state index is 6.07. The molecule has 0 saturated heterocycles. The molecule has 0 fully saturated rings. The van der Waals surface area contributed by atoms with Crippen LogP contribution in [0.5, 0.6) is 0 Å². The largest absolute Gasteiger partial charge is 0.427 e. The van der Waals surface area contributed by atoms with E-state index in [9.17, 15) is 0 Å². The minimum Gasteiger partial charge on any atom is -0.427 e. The first kappa shape index (κ1) is 17.1. The summed E-state index contributed by atoms with van der Waals surface area (Å²) in [6, 6.07) is 0.145. The highest BCUT2D eigenvalue weighted by atomic mass is 28.2. The van der Waals surface area contributed by atoms with Gasteiger partial charge in [0, 0.05) is 19.7 Å². The third kappa shape index (κ3) is 7.19. The van der Waals surface area contributed by atoms with Crippen LogP contribution in [0.25, 0.3) is 0 Å². The Labute approximate surface area is 110 Å². The van der Waals surface area contributed by atoms with E-state index in [2.05, 4.69) is 13.8 Å². The number of hydrogen-bond acceptors (Lipinski definition) is 3. The van der Waals surface area contributed by atoms with E-state index in [4.69, 9.17) is 15.9 Å². The molecule has 0 rings (SSSR count). The molecule has 4 N–H and O–H groups in total. The maximum Gasteiger partial charge on any atom is 0.167 e. The molecule has 0 heterocycles. The molecule has 0 spiro atoms. The van der Waals surface area contributed by atoms with Gasteiger partial charge in [0.15, 0.2) is 9.76 Å². The Morgan fingerprint density at radius 2 is 1.71 bits per heavy atom. The molecule has 0 aromatic carbocycles. The SMILES string of the molecule is CCCCC(CCCC)(CC(N)CN)[SiH2]OC. The Morgan fingerprint density at radius 1 is 1.18 bits per heavy atom. The van der Waals surface area contributed by atoms with Crippen LogP contribution >= 0.6 is 0 Å². The molecule has 0 amide bonds. The van der Waals surface area contributed by atoms with Crippen LogP contribution in [0, 0.1) is 0 Å². The van der Waals surface area contributed by atoms with Gasteiger partial charge in [-0.2, -0.15) is 0 Å². The van der Waals surface area contributed by atoms with Crippen molar-refractivity contribution in [2.45, 2.75) is 69.9 Å². The fourth-order valence-electron chi connectivity index (χ4n) is 2.58. The van der Waals surface area contributed by atoms with E-state index in [1.165, 1.54) is 38.5 Å². The first-order valence-corrected chi connectivity index (χ1v) is 8.37. The van der Waals surface area contributed by atoms with Gasteiger partial charge in [-0.1, -0.05) is 39.5 Å². The van der Waals surface area contributed by atoms with Crippen molar-refractivity contribution in [3.8, 4) is 0 Å². The Kier molecular flexibility index (Phi) is 10.1. The second kappa shape index (κ2) is 10.1. The van der Waals surface area contributed by atoms with Crippen molar-refractivity contribution in [2.24, 2.45) is 11.5 Å². The molecule has 0 aromatic heterocycles. The maximum atomic E-state index is 6.07. The van der Waals surface area contributed by atoms with E-state index in [0.717, 1.165) is 6.42 Å². The van der Waals surface area contributed by atoms with Crippen molar-refractivity contribution in [3.05, 3.63) is 0 Å². The van der Waals surface area contributed by atoms with Gasteiger partial charge in [-0.3, -0.25) is 0 Å². The summed E-state index contributed by atoms with van der Waals surface area (Å²) in [5.41, 5.74) is 11.8. The zero-order chi connectivity index (χ0) is 13.1. The predicted molar refractivity (Wildman–Crippen MR) is 78.9 cm³/mol. The lowest BCUT2D eigenvalue weighted by Crippen LogP contribution is -2.37. The second-order valence-corrected chi connectivity index (χ2v) is 7.71. The molecule has 0 radical (unpaired) electrons. The molecule has 104 valence electrons. The van der Waals surface area contributed by atoms with Crippen molar-refractivity contribution in [1.82, 2.24) is 0 Å². The predicted octanol–water partition coefficient (Wildman–Crippen LogP) is 1.93. The number of hydrogen-bond donors (Lipinski definition) is 2. The van der Waals surface area contributed by atoms with Crippen molar-refractivity contribution < 1.29 is 4.43 Å². The van der Waals surface area contributed by atoms with Gasteiger partial charge >= 0.3 is 0 Å². The van der Waals surface area contributed by atoms with Crippen molar-refractivity contribution in [2.75, 3.05) is 13.7 Å². The van der Waals surface area contributed by atoms with Gasteiger partial charge in [0.1, 0.15) is 0 Å². The molecular weight excluding hydrogens is 228 g/mol. The summed E-state index contributed by atoms with van der Waals surface area (Å²) in [6.45, 7) is 5.10. The zero-order valence-electron chi connectivity index (χ0n) is 12.0. The molecule has 0 aliphatic rings. The quantitative estimate of drug-likeness (QED) is 0.558. The first-order valence-electron chi connectivity index (χ1n) is 7.08. The lowest BCUT2D eigenvalue weighted by molar-refractivity contribution is 0.325. The lowest BCUT2D eigenvalue weighted by atomic mass is 9.88. The van der Waals surface area contributed by atoms with Gasteiger partial charge in [-0.25, -0.2) is 0 Å². The average molecular weight is 260 g/mol. The fourth-order valence-corrected chi connectivity index (χ4v) is 4.47. The third-order valence-electron chi connectivity index (χ3n) is 3.57. The first-order chi connectivity index (χ1) is 8.14. The van der Waals surface area contributed by atoms with Crippen LogP contribution in [0.4, 0.5) is 0 Å². The van der Waals surface area contributed by atoms with Crippen LogP contribution in [-0.2, 0) is 4.43 Å². The highest BCUT2D eigenvalue weighted by molar-refractivity contribution is 6.32. The van der Waals surface area contributed by atoms with Gasteiger partial charge in [-0.15, -0.1) is 0 Å². The van der Waals surface area contributed by atoms with Gasteiger partial charge in [-0.05, 0) is 24.3 Å². The van der Waals surface area contributed by atoms with Gasteiger partial charge < -0.3 is 15.9 Å². The Hall–Kier alpha value is 0.0969. The molecule has 1 unspecified atom stereocenters. The minimum atomic E-state index is -0.499. The fraction of sp³-hybridized carbons (Fsp3) is 1.00. The van der Waals surface area contributed by atoms with E-state index >= 15 is 0 Å². The standard InChI is InChI=1S/C13H32N2OSi/c1-4-6-8-13(17-16-3,9-7-5-2)10-12(15)11-14/h12H,4-11,14-15,17H2,1-3H3. The summed E-state index contributed by atoms with van der Waals surface area (Å²) in [5.74, 6) is 0. The molecule has 1 atom stereocenters. The smallest absolute Gasteiger partial charge is 0.167 e. The van der Waals surface area contributed by atoms with Crippen molar-refractivity contribution in [1.29, 1.82) is 0 Å². The molecular formula is C13H32N2OSi. The molecule has 4 heteroatoms. The highest BCUT2D eigenvalue weighted by Gasteiger charge is 2.31. The van der Waals surface area contributed by atoms with Crippen LogP contribution in [0.3, 0.4) is 0 Å². The summed E-state index contributed by atoms with van der Waals surface area (Å²) in [6.07, 6.45) is 8.69. The summed E-state index contributed by atoms with van der Waals surface area (Å²) in [7, 11) is 1.35. The topological polar surface area (TPSA) is 61.3 Å². The molecule has 0 aliphatic carbocycles. The van der Waals surface area contributed by atoms with Crippen LogP contribution in [-0.4, -0.2) is 29.5 Å². The van der Waals surface area contributed by atoms with Crippen LogP contribution in [0.1, 0.15) is 58.8 Å². The van der Waals surface area contributed by atoms with Crippen LogP contribution in [0.2, 0.25) is 5.04 Å². The molecule has 0 aromatic rings. The summed E-state index contributed by atoms with van der Waals surface area (Å²) >= 11 is 0. The minimum absolute atomic E-state index is 0.145. The van der Waals surface area contributed by atoms with E-state index in [0.29, 0.717) is 11.6 Å². The van der Waals surface area contributed by atoms with Gasteiger partial charge in [0.25, 0.3) is 0 Å².